The molecule has 1 unspecified atom stereocenters. The normalized spacial score (nSPS) is 28.3. The SMILES string of the molecule is c1ccc2c(c1)Sc1ccccc1N2CC1CC2CCN1CC2. The zero-order chi connectivity index (χ0) is 15.2. The zero-order valence-corrected chi connectivity index (χ0v) is 14.1. The highest BCUT2D eigenvalue weighted by molar-refractivity contribution is 7.99. The van der Waals surface area contributed by atoms with Crippen molar-refractivity contribution < 1.29 is 0 Å². The van der Waals surface area contributed by atoms with E-state index in [1.807, 2.05) is 11.8 Å². The third-order valence-corrected chi connectivity index (χ3v) is 6.83. The van der Waals surface area contributed by atoms with Crippen molar-refractivity contribution in [2.75, 3.05) is 24.5 Å². The van der Waals surface area contributed by atoms with Crippen molar-refractivity contribution in [3.63, 3.8) is 0 Å². The first-order valence-corrected chi connectivity index (χ1v) is 9.57. The Kier molecular flexibility index (Phi) is 3.38. The molecule has 0 N–H and O–H groups in total. The van der Waals surface area contributed by atoms with E-state index in [4.69, 9.17) is 0 Å². The van der Waals surface area contributed by atoms with Gasteiger partial charge >= 0.3 is 0 Å². The molecule has 4 aliphatic heterocycles. The van der Waals surface area contributed by atoms with Crippen molar-refractivity contribution in [1.82, 2.24) is 4.90 Å². The number of para-hydroxylation sites is 2. The number of anilines is 2. The number of fused-ring (bicyclic) bond motifs is 5. The van der Waals surface area contributed by atoms with E-state index in [0.717, 1.165) is 12.5 Å². The molecule has 0 spiro atoms. The number of nitrogens with zero attached hydrogens (tertiary/aromatic N) is 2. The summed E-state index contributed by atoms with van der Waals surface area (Å²) >= 11 is 1.91. The molecule has 23 heavy (non-hydrogen) atoms. The second kappa shape index (κ2) is 5.57. The van der Waals surface area contributed by atoms with E-state index in [1.54, 1.807) is 0 Å². The van der Waals surface area contributed by atoms with E-state index >= 15 is 0 Å². The Morgan fingerprint density at radius 1 is 0.870 bits per heavy atom. The van der Waals surface area contributed by atoms with Gasteiger partial charge in [-0.05, 0) is 62.5 Å². The number of hydrogen-bond donors (Lipinski definition) is 0. The number of hydrogen-bond acceptors (Lipinski definition) is 3. The van der Waals surface area contributed by atoms with E-state index in [0.29, 0.717) is 6.04 Å². The van der Waals surface area contributed by atoms with Crippen LogP contribution in [-0.4, -0.2) is 30.6 Å². The maximum atomic E-state index is 2.73. The van der Waals surface area contributed by atoms with Crippen molar-refractivity contribution in [3.05, 3.63) is 48.5 Å². The third kappa shape index (κ3) is 2.38. The van der Waals surface area contributed by atoms with Crippen molar-refractivity contribution in [1.29, 1.82) is 0 Å². The molecule has 3 saturated heterocycles. The van der Waals surface area contributed by atoms with Crippen LogP contribution in [0.4, 0.5) is 11.4 Å². The smallest absolute Gasteiger partial charge is 0.0553 e. The van der Waals surface area contributed by atoms with Gasteiger partial charge in [0, 0.05) is 22.4 Å². The summed E-state index contributed by atoms with van der Waals surface area (Å²) in [5, 5.41) is 0. The molecule has 3 heteroatoms. The Morgan fingerprint density at radius 2 is 1.48 bits per heavy atom. The largest absolute Gasteiger partial charge is 0.338 e. The molecule has 2 bridgehead atoms. The molecule has 118 valence electrons. The summed E-state index contributed by atoms with van der Waals surface area (Å²) in [6.07, 6.45) is 4.22. The molecule has 0 aromatic heterocycles. The van der Waals surface area contributed by atoms with E-state index in [9.17, 15) is 0 Å². The quantitative estimate of drug-likeness (QED) is 0.786. The van der Waals surface area contributed by atoms with Gasteiger partial charge in [-0.2, -0.15) is 0 Å². The molecule has 4 aliphatic rings. The van der Waals surface area contributed by atoms with Crippen molar-refractivity contribution in [2.45, 2.75) is 35.1 Å². The lowest BCUT2D eigenvalue weighted by Crippen LogP contribution is -2.52. The minimum absolute atomic E-state index is 0.715. The summed E-state index contributed by atoms with van der Waals surface area (Å²) in [4.78, 5) is 8.09. The average molecular weight is 322 g/mol. The van der Waals surface area contributed by atoms with Gasteiger partial charge in [-0.3, -0.25) is 4.90 Å². The van der Waals surface area contributed by atoms with Gasteiger partial charge in [-0.25, -0.2) is 0 Å². The van der Waals surface area contributed by atoms with Gasteiger partial charge < -0.3 is 4.90 Å². The summed E-state index contributed by atoms with van der Waals surface area (Å²) in [5.41, 5.74) is 2.78. The van der Waals surface area contributed by atoms with Crippen molar-refractivity contribution in [2.24, 2.45) is 5.92 Å². The predicted molar refractivity (Wildman–Crippen MR) is 96.7 cm³/mol. The van der Waals surface area contributed by atoms with Crippen LogP contribution in [0.2, 0.25) is 0 Å². The van der Waals surface area contributed by atoms with Gasteiger partial charge in [0.1, 0.15) is 0 Å². The highest BCUT2D eigenvalue weighted by Gasteiger charge is 2.35. The first-order valence-electron chi connectivity index (χ1n) is 8.76. The summed E-state index contributed by atoms with van der Waals surface area (Å²) in [6.45, 7) is 3.74. The molecule has 0 amide bonds. The Balaban J connectivity index is 1.52. The lowest BCUT2D eigenvalue weighted by Gasteiger charge is -2.48. The molecule has 2 aromatic carbocycles. The lowest BCUT2D eigenvalue weighted by atomic mass is 9.83. The predicted octanol–water partition coefficient (Wildman–Crippen LogP) is 4.77. The monoisotopic (exact) mass is 322 g/mol. The molecule has 0 saturated carbocycles. The second-order valence-electron chi connectivity index (χ2n) is 7.02. The van der Waals surface area contributed by atoms with Crippen LogP contribution in [0.25, 0.3) is 0 Å². The Labute approximate surface area is 142 Å². The van der Waals surface area contributed by atoms with E-state index < -0.39 is 0 Å². The molecule has 6 rings (SSSR count). The van der Waals surface area contributed by atoms with Crippen LogP contribution < -0.4 is 4.90 Å². The molecular formula is C20H22N2S. The molecule has 3 fully saturated rings. The zero-order valence-electron chi connectivity index (χ0n) is 13.3. The fourth-order valence-electron chi connectivity index (χ4n) is 4.47. The number of rotatable bonds is 2. The van der Waals surface area contributed by atoms with E-state index in [2.05, 4.69) is 58.3 Å². The average Bonchev–Trinajstić information content (AvgIpc) is 2.62. The van der Waals surface area contributed by atoms with Gasteiger partial charge in [-0.15, -0.1) is 0 Å². The third-order valence-electron chi connectivity index (χ3n) is 5.70. The molecule has 1 atom stereocenters. The maximum Gasteiger partial charge on any atom is 0.0553 e. The van der Waals surface area contributed by atoms with Crippen LogP contribution in [0.1, 0.15) is 19.3 Å². The number of piperidine rings is 3. The Morgan fingerprint density at radius 3 is 2.04 bits per heavy atom. The van der Waals surface area contributed by atoms with Gasteiger partial charge in [0.05, 0.1) is 11.4 Å². The first-order chi connectivity index (χ1) is 11.4. The minimum atomic E-state index is 0.715. The summed E-state index contributed by atoms with van der Waals surface area (Å²) < 4.78 is 0. The topological polar surface area (TPSA) is 6.48 Å². The van der Waals surface area contributed by atoms with E-state index in [1.165, 1.54) is 53.5 Å². The van der Waals surface area contributed by atoms with Crippen molar-refractivity contribution >= 4 is 23.1 Å². The van der Waals surface area contributed by atoms with Gasteiger partial charge in [0.2, 0.25) is 0 Å². The van der Waals surface area contributed by atoms with Crippen molar-refractivity contribution in [3.8, 4) is 0 Å². The van der Waals surface area contributed by atoms with Crippen LogP contribution in [0.5, 0.6) is 0 Å². The second-order valence-corrected chi connectivity index (χ2v) is 8.10. The van der Waals surface area contributed by atoms with Gasteiger partial charge in [0.25, 0.3) is 0 Å². The van der Waals surface area contributed by atoms with Crippen LogP contribution in [0, 0.1) is 5.92 Å². The minimum Gasteiger partial charge on any atom is -0.338 e. The molecular weight excluding hydrogens is 300 g/mol. The number of benzene rings is 2. The molecule has 0 radical (unpaired) electrons. The van der Waals surface area contributed by atoms with Gasteiger partial charge in [0.15, 0.2) is 0 Å². The van der Waals surface area contributed by atoms with Crippen LogP contribution in [-0.2, 0) is 0 Å². The highest BCUT2D eigenvalue weighted by atomic mass is 32.2. The van der Waals surface area contributed by atoms with Crippen LogP contribution in [0.15, 0.2) is 58.3 Å². The Hall–Kier alpha value is -1.45. The molecule has 2 aromatic rings. The van der Waals surface area contributed by atoms with E-state index in [-0.39, 0.29) is 0 Å². The molecule has 2 nitrogen and oxygen atoms in total. The fraction of sp³-hybridized carbons (Fsp3) is 0.400. The highest BCUT2D eigenvalue weighted by Crippen LogP contribution is 2.48. The van der Waals surface area contributed by atoms with Crippen LogP contribution in [0.3, 0.4) is 0 Å². The standard InChI is InChI=1S/C20H22N2S/c1-3-7-19-17(5-1)22(18-6-2-4-8-20(18)23-19)14-16-13-15-9-11-21(16)12-10-15/h1-8,15-16H,9-14H2. The molecule has 0 aliphatic carbocycles. The summed E-state index contributed by atoms with van der Waals surface area (Å²) in [7, 11) is 0. The summed E-state index contributed by atoms with van der Waals surface area (Å²) in [6, 6.07) is 18.5. The fourth-order valence-corrected chi connectivity index (χ4v) is 5.56. The lowest BCUT2D eigenvalue weighted by molar-refractivity contribution is 0.0541. The van der Waals surface area contributed by atoms with Crippen LogP contribution >= 0.6 is 11.8 Å². The van der Waals surface area contributed by atoms with Gasteiger partial charge in [-0.1, -0.05) is 36.0 Å². The first kappa shape index (κ1) is 13.9. The Bertz CT molecular complexity index is 676. The molecule has 4 heterocycles. The maximum absolute atomic E-state index is 2.73. The summed E-state index contributed by atoms with van der Waals surface area (Å²) in [5.74, 6) is 0.967.